The van der Waals surface area contributed by atoms with Crippen LogP contribution in [0.15, 0.2) is 34.8 Å². The minimum atomic E-state index is -0.331. The third-order valence-corrected chi connectivity index (χ3v) is 5.89. The van der Waals surface area contributed by atoms with Crippen LogP contribution in [0, 0.1) is 13.8 Å². The lowest BCUT2D eigenvalue weighted by Gasteiger charge is -2.11. The van der Waals surface area contributed by atoms with Gasteiger partial charge in [0.15, 0.2) is 16.1 Å². The van der Waals surface area contributed by atoms with Crippen LogP contribution < -0.4 is 10.1 Å². The van der Waals surface area contributed by atoms with Crippen molar-refractivity contribution in [3.8, 4) is 5.75 Å². The van der Waals surface area contributed by atoms with Crippen molar-refractivity contribution in [1.29, 1.82) is 0 Å². The predicted octanol–water partition coefficient (Wildman–Crippen LogP) is 3.59. The average molecular weight is 404 g/mol. The summed E-state index contributed by atoms with van der Waals surface area (Å²) in [7, 11) is 1.87. The second-order valence-electron chi connectivity index (χ2n) is 6.06. The number of aromatic nitrogens is 4. The largest absolute Gasteiger partial charge is 0.485 e. The number of amides is 1. The monoisotopic (exact) mass is 403 g/mol. The Morgan fingerprint density at radius 2 is 2.11 bits per heavy atom. The van der Waals surface area contributed by atoms with E-state index in [0.29, 0.717) is 22.7 Å². The number of carbonyl (C=O) groups is 1. The van der Waals surface area contributed by atoms with Gasteiger partial charge in [0.25, 0.3) is 0 Å². The normalized spacial score (nSPS) is 12.0. The van der Waals surface area contributed by atoms with Crippen LogP contribution in [0.4, 0.5) is 5.13 Å². The van der Waals surface area contributed by atoms with Crippen molar-refractivity contribution in [2.45, 2.75) is 37.8 Å². The molecule has 0 bridgehead atoms. The number of nitrogens with zero attached hydrogens (tertiary/aromatic N) is 4. The summed E-state index contributed by atoms with van der Waals surface area (Å²) in [5.41, 5.74) is 1.96. The quantitative estimate of drug-likeness (QED) is 0.607. The first kappa shape index (κ1) is 19.4. The van der Waals surface area contributed by atoms with Gasteiger partial charge in [-0.15, -0.1) is 21.5 Å². The molecule has 1 amide bonds. The zero-order valence-electron chi connectivity index (χ0n) is 15.6. The Kier molecular flexibility index (Phi) is 6.12. The second-order valence-corrected chi connectivity index (χ2v) is 8.22. The highest BCUT2D eigenvalue weighted by atomic mass is 32.2. The van der Waals surface area contributed by atoms with Crippen LogP contribution in [0.2, 0.25) is 0 Å². The number of thiazole rings is 1. The lowest BCUT2D eigenvalue weighted by molar-refractivity contribution is -0.115. The molecule has 0 saturated heterocycles. The highest BCUT2D eigenvalue weighted by molar-refractivity contribution is 8.00. The van der Waals surface area contributed by atoms with E-state index in [4.69, 9.17) is 4.74 Å². The van der Waals surface area contributed by atoms with Crippen molar-refractivity contribution >= 4 is 34.1 Å². The molecule has 0 aliphatic carbocycles. The van der Waals surface area contributed by atoms with Crippen LogP contribution in [0.25, 0.3) is 0 Å². The van der Waals surface area contributed by atoms with Crippen molar-refractivity contribution in [3.63, 3.8) is 0 Å². The molecule has 2 heterocycles. The van der Waals surface area contributed by atoms with Crippen molar-refractivity contribution in [3.05, 3.63) is 46.7 Å². The molecule has 0 unspecified atom stereocenters. The van der Waals surface area contributed by atoms with Crippen LogP contribution in [0.3, 0.4) is 0 Å². The highest BCUT2D eigenvalue weighted by Crippen LogP contribution is 2.24. The molecular formula is C18H21N5O2S2. The average Bonchev–Trinajstić information content (AvgIpc) is 3.20. The summed E-state index contributed by atoms with van der Waals surface area (Å²) in [6.45, 7) is 6.04. The Hall–Kier alpha value is -2.39. The van der Waals surface area contributed by atoms with Gasteiger partial charge in [-0.3, -0.25) is 4.79 Å². The lowest BCUT2D eigenvalue weighted by Crippen LogP contribution is -2.22. The van der Waals surface area contributed by atoms with Crippen LogP contribution in [-0.4, -0.2) is 30.9 Å². The first-order valence-corrected chi connectivity index (χ1v) is 10.2. The van der Waals surface area contributed by atoms with E-state index in [1.807, 2.05) is 62.0 Å². The standard InChI is InChI=1S/C18H21N5O2S2/c1-11-7-5-6-8-14(11)25-9-15-21-22-18(23(15)4)27-13(3)16(24)20-17-19-12(2)10-26-17/h5-8,10,13H,9H2,1-4H3,(H,19,20,24)/t13-/m1/s1. The van der Waals surface area contributed by atoms with Crippen molar-refractivity contribution in [1.82, 2.24) is 19.7 Å². The minimum absolute atomic E-state index is 0.116. The predicted molar refractivity (Wildman–Crippen MR) is 107 cm³/mol. The van der Waals surface area contributed by atoms with E-state index < -0.39 is 0 Å². The molecule has 9 heteroatoms. The summed E-state index contributed by atoms with van der Waals surface area (Å²) in [5.74, 6) is 1.40. The van der Waals surface area contributed by atoms with E-state index in [1.165, 1.54) is 23.1 Å². The molecule has 142 valence electrons. The molecule has 0 fully saturated rings. The van der Waals surface area contributed by atoms with Gasteiger partial charge in [0.05, 0.1) is 10.9 Å². The number of nitrogens with one attached hydrogen (secondary N) is 1. The van der Waals surface area contributed by atoms with Crippen LogP contribution in [0.5, 0.6) is 5.75 Å². The van der Waals surface area contributed by atoms with Gasteiger partial charge in [0.1, 0.15) is 12.4 Å². The van der Waals surface area contributed by atoms with E-state index in [-0.39, 0.29) is 11.2 Å². The molecule has 1 atom stereocenters. The molecule has 0 aliphatic heterocycles. The third-order valence-electron chi connectivity index (χ3n) is 3.88. The maximum absolute atomic E-state index is 12.3. The molecule has 2 aromatic heterocycles. The van der Waals surface area contributed by atoms with Crippen LogP contribution in [-0.2, 0) is 18.4 Å². The maximum atomic E-state index is 12.3. The first-order chi connectivity index (χ1) is 12.9. The number of hydrogen-bond donors (Lipinski definition) is 1. The number of carbonyl (C=O) groups excluding carboxylic acids is 1. The fourth-order valence-corrected chi connectivity index (χ4v) is 3.79. The highest BCUT2D eigenvalue weighted by Gasteiger charge is 2.20. The van der Waals surface area contributed by atoms with Gasteiger partial charge in [-0.05, 0) is 32.4 Å². The molecule has 0 aliphatic rings. The second kappa shape index (κ2) is 8.53. The number of aryl methyl sites for hydroxylation is 2. The molecule has 3 rings (SSSR count). The number of hydrogen-bond acceptors (Lipinski definition) is 7. The molecule has 1 N–H and O–H groups in total. The summed E-state index contributed by atoms with van der Waals surface area (Å²) in [6.07, 6.45) is 0. The number of anilines is 1. The van der Waals surface area contributed by atoms with E-state index >= 15 is 0 Å². The smallest absolute Gasteiger partial charge is 0.239 e. The number of rotatable bonds is 7. The SMILES string of the molecule is Cc1csc(NC(=O)[C@@H](C)Sc2nnc(COc3ccccc3C)n2C)n1. The topological polar surface area (TPSA) is 81.9 Å². The first-order valence-electron chi connectivity index (χ1n) is 8.40. The Bertz CT molecular complexity index is 937. The van der Waals surface area contributed by atoms with E-state index in [9.17, 15) is 4.79 Å². The number of para-hydroxylation sites is 1. The Balaban J connectivity index is 1.59. The fourth-order valence-electron chi connectivity index (χ4n) is 2.26. The van der Waals surface area contributed by atoms with Gasteiger partial charge < -0.3 is 14.6 Å². The number of thioether (sulfide) groups is 1. The molecular weight excluding hydrogens is 382 g/mol. The summed E-state index contributed by atoms with van der Waals surface area (Å²) >= 11 is 2.76. The van der Waals surface area contributed by atoms with Crippen molar-refractivity contribution < 1.29 is 9.53 Å². The van der Waals surface area contributed by atoms with Gasteiger partial charge in [0.2, 0.25) is 5.91 Å². The minimum Gasteiger partial charge on any atom is -0.485 e. The van der Waals surface area contributed by atoms with Gasteiger partial charge in [0, 0.05) is 12.4 Å². The molecule has 0 spiro atoms. The zero-order chi connectivity index (χ0) is 19.4. The van der Waals surface area contributed by atoms with E-state index in [1.54, 1.807) is 0 Å². The summed E-state index contributed by atoms with van der Waals surface area (Å²) < 4.78 is 7.68. The van der Waals surface area contributed by atoms with Gasteiger partial charge in [-0.25, -0.2) is 4.98 Å². The summed E-state index contributed by atoms with van der Waals surface area (Å²) in [5, 5.41) is 14.0. The molecule has 7 nitrogen and oxygen atoms in total. The Morgan fingerprint density at radius 3 is 2.81 bits per heavy atom. The Morgan fingerprint density at radius 1 is 1.33 bits per heavy atom. The molecule has 1 aromatic carbocycles. The fraction of sp³-hybridized carbons (Fsp3) is 0.333. The molecule has 0 radical (unpaired) electrons. The number of ether oxygens (including phenoxy) is 1. The number of benzene rings is 1. The van der Waals surface area contributed by atoms with Crippen LogP contribution >= 0.6 is 23.1 Å². The zero-order valence-corrected chi connectivity index (χ0v) is 17.2. The summed E-state index contributed by atoms with van der Waals surface area (Å²) in [4.78, 5) is 16.6. The van der Waals surface area contributed by atoms with Crippen molar-refractivity contribution in [2.24, 2.45) is 7.05 Å². The van der Waals surface area contributed by atoms with Crippen LogP contribution in [0.1, 0.15) is 24.0 Å². The maximum Gasteiger partial charge on any atom is 0.239 e. The van der Waals surface area contributed by atoms with E-state index in [0.717, 1.165) is 17.0 Å². The molecule has 3 aromatic rings. The van der Waals surface area contributed by atoms with E-state index in [2.05, 4.69) is 20.5 Å². The Labute approximate surface area is 166 Å². The van der Waals surface area contributed by atoms with Crippen molar-refractivity contribution in [2.75, 3.05) is 5.32 Å². The third kappa shape index (κ3) is 4.86. The van der Waals surface area contributed by atoms with Gasteiger partial charge >= 0.3 is 0 Å². The lowest BCUT2D eigenvalue weighted by atomic mass is 10.2. The summed E-state index contributed by atoms with van der Waals surface area (Å²) in [6, 6.07) is 7.83. The van der Waals surface area contributed by atoms with Gasteiger partial charge in [-0.1, -0.05) is 30.0 Å². The molecule has 27 heavy (non-hydrogen) atoms. The molecule has 0 saturated carbocycles. The van der Waals surface area contributed by atoms with Gasteiger partial charge in [-0.2, -0.15) is 0 Å².